The van der Waals surface area contributed by atoms with Crippen LogP contribution in [0.1, 0.15) is 19.3 Å². The summed E-state index contributed by atoms with van der Waals surface area (Å²) in [6.45, 7) is 0.229. The topological polar surface area (TPSA) is 105 Å². The molecule has 172 valence electrons. The number of aromatic amines is 1. The molecule has 0 saturated heterocycles. The van der Waals surface area contributed by atoms with Gasteiger partial charge in [0.25, 0.3) is 0 Å². The predicted molar refractivity (Wildman–Crippen MR) is 134 cm³/mol. The molecular weight excluding hydrogens is 446 g/mol. The Balaban J connectivity index is 1.59. The number of nitrogens with zero attached hydrogens (tertiary/aromatic N) is 5. The van der Waals surface area contributed by atoms with Crippen LogP contribution in [0.15, 0.2) is 55.0 Å². The number of rotatable bonds is 6. The number of benzene rings is 1. The van der Waals surface area contributed by atoms with Gasteiger partial charge in [0.2, 0.25) is 0 Å². The monoisotopic (exact) mass is 471 g/mol. The van der Waals surface area contributed by atoms with Crippen molar-refractivity contribution in [3.8, 4) is 33.3 Å². The minimum Gasteiger partial charge on any atom is -0.396 e. The molecule has 2 atom stereocenters. The highest BCUT2D eigenvalue weighted by atomic mass is 32.1. The Morgan fingerprint density at radius 3 is 2.76 bits per heavy atom. The maximum absolute atomic E-state index is 9.64. The number of H-pyrrole nitrogens is 1. The molecule has 4 heterocycles. The lowest BCUT2D eigenvalue weighted by molar-refractivity contribution is 0.229. The van der Waals surface area contributed by atoms with Gasteiger partial charge in [-0.05, 0) is 36.8 Å². The van der Waals surface area contributed by atoms with Crippen LogP contribution in [0.4, 0.5) is 5.82 Å². The van der Waals surface area contributed by atoms with Gasteiger partial charge in [0.15, 0.2) is 11.6 Å². The van der Waals surface area contributed by atoms with Crippen molar-refractivity contribution in [3.05, 3.63) is 55.0 Å². The fourth-order valence-corrected chi connectivity index (χ4v) is 5.92. The summed E-state index contributed by atoms with van der Waals surface area (Å²) in [6.07, 6.45) is 8.40. The first-order chi connectivity index (χ1) is 16.7. The van der Waals surface area contributed by atoms with E-state index in [1.807, 2.05) is 30.1 Å². The SMILES string of the molecule is Cn1ccc(-c2sc3nc(-c4ncc[nH]4)nc(N[C@@H]4CC[C@H](CO)C4)c3c2-c2ccccc2)n1. The molecule has 3 N–H and O–H groups in total. The van der Waals surface area contributed by atoms with E-state index in [1.165, 1.54) is 0 Å². The Kier molecular flexibility index (Phi) is 5.35. The number of hydrogen-bond acceptors (Lipinski definition) is 7. The van der Waals surface area contributed by atoms with E-state index in [1.54, 1.807) is 23.7 Å². The second-order valence-corrected chi connectivity index (χ2v) is 9.76. The van der Waals surface area contributed by atoms with Crippen molar-refractivity contribution in [1.82, 2.24) is 29.7 Å². The van der Waals surface area contributed by atoms with Crippen LogP contribution in [0.2, 0.25) is 0 Å². The van der Waals surface area contributed by atoms with E-state index >= 15 is 0 Å². The van der Waals surface area contributed by atoms with Gasteiger partial charge in [-0.3, -0.25) is 4.68 Å². The lowest BCUT2D eigenvalue weighted by Gasteiger charge is -2.16. The van der Waals surface area contributed by atoms with Crippen LogP contribution in [0.5, 0.6) is 0 Å². The van der Waals surface area contributed by atoms with E-state index in [9.17, 15) is 5.11 Å². The maximum atomic E-state index is 9.64. The molecule has 1 fully saturated rings. The number of imidazole rings is 1. The largest absolute Gasteiger partial charge is 0.396 e. The number of hydrogen-bond donors (Lipinski definition) is 3. The Morgan fingerprint density at radius 1 is 1.18 bits per heavy atom. The van der Waals surface area contributed by atoms with Gasteiger partial charge in [-0.25, -0.2) is 15.0 Å². The van der Waals surface area contributed by atoms with Crippen LogP contribution in [0.25, 0.3) is 43.6 Å². The normalized spacial score (nSPS) is 18.1. The van der Waals surface area contributed by atoms with Crippen LogP contribution in [0, 0.1) is 5.92 Å². The van der Waals surface area contributed by atoms with E-state index < -0.39 is 0 Å². The molecule has 6 rings (SSSR count). The van der Waals surface area contributed by atoms with Crippen LogP contribution in [0.3, 0.4) is 0 Å². The Bertz CT molecular complexity index is 1420. The summed E-state index contributed by atoms with van der Waals surface area (Å²) < 4.78 is 1.82. The zero-order valence-electron chi connectivity index (χ0n) is 18.8. The molecule has 1 aliphatic rings. The zero-order valence-corrected chi connectivity index (χ0v) is 19.6. The number of fused-ring (bicyclic) bond motifs is 1. The summed E-state index contributed by atoms with van der Waals surface area (Å²) in [6, 6.07) is 12.7. The number of aliphatic hydroxyl groups is 1. The van der Waals surface area contributed by atoms with E-state index in [0.29, 0.717) is 17.6 Å². The van der Waals surface area contributed by atoms with Gasteiger partial charge >= 0.3 is 0 Å². The molecular formula is C25H25N7OS. The van der Waals surface area contributed by atoms with Crippen LogP contribution in [-0.2, 0) is 7.05 Å². The third kappa shape index (κ3) is 3.76. The minimum absolute atomic E-state index is 0.229. The number of nitrogens with one attached hydrogen (secondary N) is 2. The standard InChI is InChI=1S/C25H25N7OS/c1-32-12-9-18(31-32)21-19(16-5-3-2-4-6-16)20-22(28-17-8-7-15(13-17)14-33)29-24(30-25(20)34-21)23-26-10-11-27-23/h2-6,9-12,15,17,33H,7-8,13-14H2,1H3,(H,26,27)(H,28,29,30)/t15-,17+/m0/s1. The number of thiophene rings is 1. The molecule has 0 radical (unpaired) electrons. The van der Waals surface area contributed by atoms with Gasteiger partial charge in [-0.15, -0.1) is 11.3 Å². The molecule has 9 heteroatoms. The fourth-order valence-electron chi connectivity index (χ4n) is 4.76. The molecule has 0 bridgehead atoms. The average molecular weight is 472 g/mol. The second kappa shape index (κ2) is 8.66. The summed E-state index contributed by atoms with van der Waals surface area (Å²) in [5, 5.41) is 19.1. The van der Waals surface area contributed by atoms with Crippen molar-refractivity contribution >= 4 is 27.4 Å². The Labute approximate surface area is 200 Å². The number of aliphatic hydroxyl groups excluding tert-OH is 1. The highest BCUT2D eigenvalue weighted by Crippen LogP contribution is 2.46. The van der Waals surface area contributed by atoms with Crippen molar-refractivity contribution < 1.29 is 5.11 Å². The van der Waals surface area contributed by atoms with Crippen LogP contribution >= 0.6 is 11.3 Å². The quantitative estimate of drug-likeness (QED) is 0.331. The molecule has 0 aliphatic heterocycles. The first kappa shape index (κ1) is 21.0. The molecule has 8 nitrogen and oxygen atoms in total. The highest BCUT2D eigenvalue weighted by molar-refractivity contribution is 7.22. The van der Waals surface area contributed by atoms with Crippen molar-refractivity contribution in [2.45, 2.75) is 25.3 Å². The van der Waals surface area contributed by atoms with Gasteiger partial charge in [0.1, 0.15) is 16.3 Å². The molecule has 34 heavy (non-hydrogen) atoms. The first-order valence-corrected chi connectivity index (χ1v) is 12.3. The minimum atomic E-state index is 0.229. The van der Waals surface area contributed by atoms with E-state index in [4.69, 9.17) is 15.1 Å². The number of aryl methyl sites for hydroxylation is 1. The number of anilines is 1. The lowest BCUT2D eigenvalue weighted by atomic mass is 10.0. The smallest absolute Gasteiger partial charge is 0.199 e. The van der Waals surface area contributed by atoms with Crippen molar-refractivity contribution in [3.63, 3.8) is 0 Å². The zero-order chi connectivity index (χ0) is 23.1. The van der Waals surface area contributed by atoms with Crippen molar-refractivity contribution in [2.24, 2.45) is 13.0 Å². The molecule has 1 saturated carbocycles. The van der Waals surface area contributed by atoms with Crippen molar-refractivity contribution in [1.29, 1.82) is 0 Å². The van der Waals surface area contributed by atoms with Gasteiger partial charge in [-0.1, -0.05) is 30.3 Å². The van der Waals surface area contributed by atoms with E-state index in [0.717, 1.165) is 57.0 Å². The summed E-state index contributed by atoms with van der Waals surface area (Å²) in [5.41, 5.74) is 3.10. The molecule has 0 amide bonds. The van der Waals surface area contributed by atoms with E-state index in [-0.39, 0.29) is 12.6 Å². The van der Waals surface area contributed by atoms with Gasteiger partial charge < -0.3 is 15.4 Å². The summed E-state index contributed by atoms with van der Waals surface area (Å²) in [5.74, 6) is 2.33. The Morgan fingerprint density at radius 2 is 2.06 bits per heavy atom. The third-order valence-corrected chi connectivity index (χ3v) is 7.52. The Hall–Kier alpha value is -3.56. The molecule has 1 aromatic carbocycles. The van der Waals surface area contributed by atoms with Gasteiger partial charge in [0.05, 0.1) is 10.3 Å². The molecule has 1 aliphatic carbocycles. The van der Waals surface area contributed by atoms with E-state index in [2.05, 4.69) is 39.6 Å². The van der Waals surface area contributed by atoms with Gasteiger partial charge in [0, 0.05) is 43.9 Å². The van der Waals surface area contributed by atoms with Crippen LogP contribution in [-0.4, -0.2) is 47.5 Å². The van der Waals surface area contributed by atoms with Crippen molar-refractivity contribution in [2.75, 3.05) is 11.9 Å². The summed E-state index contributed by atoms with van der Waals surface area (Å²) in [7, 11) is 1.93. The fraction of sp³-hybridized carbons (Fsp3) is 0.280. The summed E-state index contributed by atoms with van der Waals surface area (Å²) in [4.78, 5) is 19.4. The van der Waals surface area contributed by atoms with Gasteiger partial charge in [-0.2, -0.15) is 5.10 Å². The predicted octanol–water partition coefficient (Wildman–Crippen LogP) is 4.72. The second-order valence-electron chi connectivity index (χ2n) is 8.76. The molecule has 5 aromatic rings. The first-order valence-electron chi connectivity index (χ1n) is 11.5. The molecule has 0 spiro atoms. The third-order valence-electron chi connectivity index (χ3n) is 6.41. The average Bonchev–Trinajstić information content (AvgIpc) is 3.65. The molecule has 0 unspecified atom stereocenters. The molecule has 4 aromatic heterocycles. The summed E-state index contributed by atoms with van der Waals surface area (Å²) >= 11 is 1.63. The number of aromatic nitrogens is 6. The van der Waals surface area contributed by atoms with Crippen LogP contribution < -0.4 is 5.32 Å². The highest BCUT2D eigenvalue weighted by Gasteiger charge is 2.28. The maximum Gasteiger partial charge on any atom is 0.199 e. The lowest BCUT2D eigenvalue weighted by Crippen LogP contribution is -2.18.